The molecule has 1 aliphatic heterocycles. The number of thiazole rings is 1. The lowest BCUT2D eigenvalue weighted by molar-refractivity contribution is -0.118. The van der Waals surface area contributed by atoms with Gasteiger partial charge in [0.1, 0.15) is 0 Å². The Hall–Kier alpha value is -0.940. The van der Waals surface area contributed by atoms with Crippen LogP contribution in [0.2, 0.25) is 0 Å². The summed E-state index contributed by atoms with van der Waals surface area (Å²) in [5, 5.41) is 9.14. The SMILES string of the molecule is CC(C)(C)c1csc(NC(=O)C2NCC3CCCC32)n1. The summed E-state index contributed by atoms with van der Waals surface area (Å²) in [5.74, 6) is 1.32. The zero-order chi connectivity index (χ0) is 14.3. The molecular formula is C15H23N3OS. The topological polar surface area (TPSA) is 54.0 Å². The molecule has 1 saturated carbocycles. The monoisotopic (exact) mass is 293 g/mol. The molecule has 20 heavy (non-hydrogen) atoms. The molecule has 1 aromatic rings. The summed E-state index contributed by atoms with van der Waals surface area (Å²) >= 11 is 1.52. The number of amides is 1. The number of fused-ring (bicyclic) bond motifs is 1. The Kier molecular flexibility index (Phi) is 3.58. The van der Waals surface area contributed by atoms with E-state index >= 15 is 0 Å². The van der Waals surface area contributed by atoms with Gasteiger partial charge < -0.3 is 10.6 Å². The summed E-state index contributed by atoms with van der Waals surface area (Å²) < 4.78 is 0. The number of carbonyl (C=O) groups is 1. The van der Waals surface area contributed by atoms with Crippen molar-refractivity contribution in [3.05, 3.63) is 11.1 Å². The van der Waals surface area contributed by atoms with E-state index in [1.807, 2.05) is 5.38 Å². The van der Waals surface area contributed by atoms with Crippen LogP contribution in [0, 0.1) is 11.8 Å². The second kappa shape index (κ2) is 5.11. The Morgan fingerprint density at radius 2 is 2.25 bits per heavy atom. The third-order valence-corrected chi connectivity index (χ3v) is 5.29. The number of rotatable bonds is 2. The van der Waals surface area contributed by atoms with Crippen molar-refractivity contribution in [2.24, 2.45) is 11.8 Å². The van der Waals surface area contributed by atoms with Crippen LogP contribution in [0.4, 0.5) is 5.13 Å². The Bertz CT molecular complexity index is 505. The zero-order valence-corrected chi connectivity index (χ0v) is 13.2. The van der Waals surface area contributed by atoms with E-state index in [0.717, 1.165) is 17.4 Å². The molecule has 2 aliphatic rings. The summed E-state index contributed by atoms with van der Waals surface area (Å²) in [6.07, 6.45) is 3.72. The van der Waals surface area contributed by atoms with E-state index in [2.05, 4.69) is 36.4 Å². The highest BCUT2D eigenvalue weighted by atomic mass is 32.1. The predicted octanol–water partition coefficient (Wildman–Crippen LogP) is 2.77. The van der Waals surface area contributed by atoms with Crippen LogP contribution in [0.15, 0.2) is 5.38 Å². The second-order valence-corrected chi connectivity index (χ2v) is 7.88. The molecule has 3 atom stereocenters. The number of aromatic nitrogens is 1. The lowest BCUT2D eigenvalue weighted by Crippen LogP contribution is -2.39. The molecular weight excluding hydrogens is 270 g/mol. The van der Waals surface area contributed by atoms with Gasteiger partial charge in [-0.2, -0.15) is 0 Å². The van der Waals surface area contributed by atoms with E-state index in [-0.39, 0.29) is 17.4 Å². The molecule has 3 rings (SSSR count). The zero-order valence-electron chi connectivity index (χ0n) is 12.4. The molecule has 0 aromatic carbocycles. The number of carbonyl (C=O) groups excluding carboxylic acids is 1. The van der Waals surface area contributed by atoms with Crippen LogP contribution in [-0.4, -0.2) is 23.5 Å². The number of hydrogen-bond donors (Lipinski definition) is 2. The fraction of sp³-hybridized carbons (Fsp3) is 0.733. The fourth-order valence-corrected chi connectivity index (χ4v) is 4.27. The van der Waals surface area contributed by atoms with Crippen molar-refractivity contribution >= 4 is 22.4 Å². The van der Waals surface area contributed by atoms with Crippen molar-refractivity contribution in [3.8, 4) is 0 Å². The van der Waals surface area contributed by atoms with E-state index in [1.54, 1.807) is 0 Å². The maximum atomic E-state index is 12.4. The number of nitrogens with zero attached hydrogens (tertiary/aromatic N) is 1. The van der Waals surface area contributed by atoms with Gasteiger partial charge in [0.25, 0.3) is 0 Å². The summed E-state index contributed by atoms with van der Waals surface area (Å²) in [6, 6.07) is -0.0236. The van der Waals surface area contributed by atoms with Gasteiger partial charge in [0.15, 0.2) is 5.13 Å². The Morgan fingerprint density at radius 3 is 2.95 bits per heavy atom. The van der Waals surface area contributed by atoms with E-state index in [0.29, 0.717) is 11.8 Å². The van der Waals surface area contributed by atoms with Crippen molar-refractivity contribution in [2.75, 3.05) is 11.9 Å². The molecule has 0 bridgehead atoms. The third kappa shape index (κ3) is 2.61. The Balaban J connectivity index is 1.66. The molecule has 5 heteroatoms. The van der Waals surface area contributed by atoms with Crippen LogP contribution < -0.4 is 10.6 Å². The van der Waals surface area contributed by atoms with Gasteiger partial charge in [-0.25, -0.2) is 4.98 Å². The summed E-state index contributed by atoms with van der Waals surface area (Å²) in [7, 11) is 0. The summed E-state index contributed by atoms with van der Waals surface area (Å²) in [6.45, 7) is 7.40. The van der Waals surface area contributed by atoms with Gasteiger partial charge in [0, 0.05) is 10.8 Å². The van der Waals surface area contributed by atoms with E-state index in [4.69, 9.17) is 0 Å². The van der Waals surface area contributed by atoms with Crippen LogP contribution >= 0.6 is 11.3 Å². The first-order valence-corrected chi connectivity index (χ1v) is 8.33. The van der Waals surface area contributed by atoms with Crippen molar-refractivity contribution in [3.63, 3.8) is 0 Å². The molecule has 3 unspecified atom stereocenters. The first-order chi connectivity index (χ1) is 9.45. The highest BCUT2D eigenvalue weighted by molar-refractivity contribution is 7.14. The van der Waals surface area contributed by atoms with Gasteiger partial charge in [-0.3, -0.25) is 4.79 Å². The lowest BCUT2D eigenvalue weighted by atomic mass is 9.93. The maximum absolute atomic E-state index is 12.4. The first kappa shape index (κ1) is 14.0. The van der Waals surface area contributed by atoms with Gasteiger partial charge in [0.2, 0.25) is 5.91 Å². The van der Waals surface area contributed by atoms with Gasteiger partial charge >= 0.3 is 0 Å². The molecule has 1 saturated heterocycles. The van der Waals surface area contributed by atoms with E-state index < -0.39 is 0 Å². The number of nitrogens with one attached hydrogen (secondary N) is 2. The average Bonchev–Trinajstić information content (AvgIpc) is 3.01. The largest absolute Gasteiger partial charge is 0.305 e. The lowest BCUT2D eigenvalue weighted by Gasteiger charge is -2.17. The maximum Gasteiger partial charge on any atom is 0.243 e. The summed E-state index contributed by atoms with van der Waals surface area (Å²) in [4.78, 5) is 16.9. The quantitative estimate of drug-likeness (QED) is 0.881. The van der Waals surface area contributed by atoms with Crippen molar-refractivity contribution in [1.29, 1.82) is 0 Å². The fourth-order valence-electron chi connectivity index (χ4n) is 3.33. The minimum absolute atomic E-state index is 0.0236. The van der Waals surface area contributed by atoms with Crippen LogP contribution in [0.3, 0.4) is 0 Å². The number of hydrogen-bond acceptors (Lipinski definition) is 4. The van der Waals surface area contributed by atoms with Crippen molar-refractivity contribution < 1.29 is 4.79 Å². The van der Waals surface area contributed by atoms with Gasteiger partial charge in [0.05, 0.1) is 11.7 Å². The molecule has 2 heterocycles. The van der Waals surface area contributed by atoms with Crippen LogP contribution in [0.1, 0.15) is 45.7 Å². The Labute approximate surface area is 124 Å². The molecule has 1 aliphatic carbocycles. The van der Waals surface area contributed by atoms with Crippen LogP contribution in [0.25, 0.3) is 0 Å². The first-order valence-electron chi connectivity index (χ1n) is 7.45. The molecule has 4 nitrogen and oxygen atoms in total. The van der Waals surface area contributed by atoms with Gasteiger partial charge in [-0.05, 0) is 31.2 Å². The normalized spacial score (nSPS) is 29.4. The van der Waals surface area contributed by atoms with Crippen molar-refractivity contribution in [1.82, 2.24) is 10.3 Å². The van der Waals surface area contributed by atoms with Crippen LogP contribution in [-0.2, 0) is 10.2 Å². The molecule has 110 valence electrons. The highest BCUT2D eigenvalue weighted by Crippen LogP contribution is 2.38. The molecule has 0 spiro atoms. The molecule has 1 aromatic heterocycles. The van der Waals surface area contributed by atoms with E-state index in [1.165, 1.54) is 30.6 Å². The van der Waals surface area contributed by atoms with Crippen molar-refractivity contribution in [2.45, 2.75) is 51.5 Å². The molecule has 2 N–H and O–H groups in total. The van der Waals surface area contributed by atoms with E-state index in [9.17, 15) is 4.79 Å². The van der Waals surface area contributed by atoms with Crippen LogP contribution in [0.5, 0.6) is 0 Å². The summed E-state index contributed by atoms with van der Waals surface area (Å²) in [5.41, 5.74) is 1.07. The van der Waals surface area contributed by atoms with Gasteiger partial charge in [-0.1, -0.05) is 27.2 Å². The highest BCUT2D eigenvalue weighted by Gasteiger charge is 2.42. The molecule has 2 fully saturated rings. The minimum Gasteiger partial charge on any atom is -0.305 e. The number of anilines is 1. The minimum atomic E-state index is -0.0236. The predicted molar refractivity (Wildman–Crippen MR) is 82.1 cm³/mol. The average molecular weight is 293 g/mol. The smallest absolute Gasteiger partial charge is 0.243 e. The Morgan fingerprint density at radius 1 is 1.45 bits per heavy atom. The molecule has 0 radical (unpaired) electrons. The second-order valence-electron chi connectivity index (χ2n) is 7.02. The van der Waals surface area contributed by atoms with Gasteiger partial charge in [-0.15, -0.1) is 11.3 Å². The molecule has 1 amide bonds. The standard InChI is InChI=1S/C15H23N3OS/c1-15(2,3)11-8-20-14(17-11)18-13(19)12-10-6-4-5-9(10)7-16-12/h8-10,12,16H,4-7H2,1-3H3,(H,17,18,19). The third-order valence-electron chi connectivity index (χ3n) is 4.53.